The zero-order valence-electron chi connectivity index (χ0n) is 17.5. The fourth-order valence-electron chi connectivity index (χ4n) is 2.91. The molecule has 0 unspecified atom stereocenters. The number of halogens is 3. The Morgan fingerprint density at radius 2 is 1.94 bits per heavy atom. The normalized spacial score (nSPS) is 14.7. The van der Waals surface area contributed by atoms with Crippen molar-refractivity contribution in [3.63, 3.8) is 0 Å². The summed E-state index contributed by atoms with van der Waals surface area (Å²) >= 11 is 14.9. The van der Waals surface area contributed by atoms with Crippen molar-refractivity contribution in [1.82, 2.24) is 4.90 Å². The average molecular weight is 622 g/mol. The van der Waals surface area contributed by atoms with Crippen molar-refractivity contribution in [3.05, 3.63) is 60.0 Å². The highest BCUT2D eigenvalue weighted by molar-refractivity contribution is 14.1. The number of ether oxygens (including phenoxy) is 3. The lowest BCUT2D eigenvalue weighted by Gasteiger charge is -2.14. The summed E-state index contributed by atoms with van der Waals surface area (Å²) in [5, 5.41) is 0.365. The number of imide groups is 1. The van der Waals surface area contributed by atoms with Gasteiger partial charge in [0.15, 0.2) is 18.1 Å². The minimum absolute atomic E-state index is 0.0837. The lowest BCUT2D eigenvalue weighted by Crippen LogP contribution is -2.27. The molecule has 2 amide bonds. The van der Waals surface area contributed by atoms with Gasteiger partial charge in [-0.3, -0.25) is 14.5 Å². The van der Waals surface area contributed by atoms with E-state index >= 15 is 0 Å². The van der Waals surface area contributed by atoms with E-state index in [0.29, 0.717) is 36.2 Å². The number of amides is 2. The Labute approximate surface area is 218 Å². The summed E-state index contributed by atoms with van der Waals surface area (Å²) in [6.07, 6.45) is 1.61. The van der Waals surface area contributed by atoms with E-state index in [1.807, 2.05) is 22.6 Å². The van der Waals surface area contributed by atoms with Crippen LogP contribution in [0.15, 0.2) is 35.2 Å². The standard InChI is InChI=1S/C22H18Cl2INO6S/c1-3-31-19(27)11-32-20-16(25)7-13(8-17(20)30-2)9-18-21(28)26(22(29)33-18)10-12-4-5-14(23)15(24)6-12/h4-9H,3,10-11H2,1-2H3/b18-9+. The fourth-order valence-corrected chi connectivity index (χ4v) is 4.85. The van der Waals surface area contributed by atoms with Crippen LogP contribution in [0.5, 0.6) is 11.5 Å². The van der Waals surface area contributed by atoms with Gasteiger partial charge in [0.2, 0.25) is 0 Å². The Kier molecular flexibility index (Phi) is 8.91. The van der Waals surface area contributed by atoms with Crippen molar-refractivity contribution >= 4 is 80.7 Å². The van der Waals surface area contributed by atoms with Crippen LogP contribution in [0.3, 0.4) is 0 Å². The molecule has 0 atom stereocenters. The molecule has 0 saturated carbocycles. The molecule has 2 aromatic rings. The predicted octanol–water partition coefficient (Wildman–Crippen LogP) is 5.79. The summed E-state index contributed by atoms with van der Waals surface area (Å²) in [5.74, 6) is -0.133. The monoisotopic (exact) mass is 621 g/mol. The first kappa shape index (κ1) is 25.7. The number of hydrogen-bond donors (Lipinski definition) is 0. The Hall–Kier alpha value is -1.95. The smallest absolute Gasteiger partial charge is 0.344 e. The zero-order valence-corrected chi connectivity index (χ0v) is 22.0. The zero-order chi connectivity index (χ0) is 24.1. The van der Waals surface area contributed by atoms with Crippen molar-refractivity contribution in [2.75, 3.05) is 20.3 Å². The molecule has 174 valence electrons. The van der Waals surface area contributed by atoms with Crippen LogP contribution in [-0.4, -0.2) is 42.3 Å². The van der Waals surface area contributed by atoms with Gasteiger partial charge in [-0.1, -0.05) is 29.3 Å². The quantitative estimate of drug-likeness (QED) is 0.210. The summed E-state index contributed by atoms with van der Waals surface area (Å²) in [6.45, 7) is 1.80. The summed E-state index contributed by atoms with van der Waals surface area (Å²) < 4.78 is 16.5. The number of nitrogens with zero attached hydrogens (tertiary/aromatic N) is 1. The van der Waals surface area contributed by atoms with Crippen molar-refractivity contribution < 1.29 is 28.6 Å². The number of carbonyl (C=O) groups is 3. The maximum absolute atomic E-state index is 12.9. The van der Waals surface area contributed by atoms with Crippen LogP contribution in [0, 0.1) is 3.57 Å². The van der Waals surface area contributed by atoms with Crippen LogP contribution in [0.1, 0.15) is 18.1 Å². The number of benzene rings is 2. The van der Waals surface area contributed by atoms with E-state index in [2.05, 4.69) is 0 Å². The van der Waals surface area contributed by atoms with Gasteiger partial charge in [0.05, 0.1) is 38.8 Å². The lowest BCUT2D eigenvalue weighted by molar-refractivity contribution is -0.145. The average Bonchev–Trinajstić information content (AvgIpc) is 3.02. The number of esters is 1. The second-order valence-corrected chi connectivity index (χ2v) is 9.61. The van der Waals surface area contributed by atoms with Crippen molar-refractivity contribution in [1.29, 1.82) is 0 Å². The van der Waals surface area contributed by atoms with E-state index in [-0.39, 0.29) is 29.9 Å². The molecular weight excluding hydrogens is 604 g/mol. The SMILES string of the molecule is CCOC(=O)COc1c(I)cc(/C=C2/SC(=O)N(Cc3ccc(Cl)c(Cl)c3)C2=O)cc1OC. The molecule has 1 fully saturated rings. The maximum atomic E-state index is 12.9. The Morgan fingerprint density at radius 3 is 2.61 bits per heavy atom. The molecule has 0 spiro atoms. The molecule has 1 saturated heterocycles. The highest BCUT2D eigenvalue weighted by Gasteiger charge is 2.35. The van der Waals surface area contributed by atoms with Gasteiger partial charge >= 0.3 is 5.97 Å². The molecule has 0 bridgehead atoms. The van der Waals surface area contributed by atoms with E-state index in [1.165, 1.54) is 7.11 Å². The third kappa shape index (κ3) is 6.34. The predicted molar refractivity (Wildman–Crippen MR) is 136 cm³/mol. The number of thioether (sulfide) groups is 1. The van der Waals surface area contributed by atoms with E-state index in [9.17, 15) is 14.4 Å². The van der Waals surface area contributed by atoms with E-state index in [1.54, 1.807) is 43.3 Å². The molecule has 0 aromatic heterocycles. The largest absolute Gasteiger partial charge is 0.493 e. The first-order valence-electron chi connectivity index (χ1n) is 9.58. The van der Waals surface area contributed by atoms with Crippen molar-refractivity contribution in [3.8, 4) is 11.5 Å². The van der Waals surface area contributed by atoms with Gasteiger partial charge < -0.3 is 14.2 Å². The summed E-state index contributed by atoms with van der Waals surface area (Å²) in [7, 11) is 1.47. The van der Waals surface area contributed by atoms with Crippen LogP contribution in [0.25, 0.3) is 6.08 Å². The number of carbonyl (C=O) groups excluding carboxylic acids is 3. The van der Waals surface area contributed by atoms with Crippen LogP contribution < -0.4 is 9.47 Å². The molecule has 0 aliphatic carbocycles. The molecule has 3 rings (SSSR count). The van der Waals surface area contributed by atoms with Gasteiger partial charge in [0, 0.05) is 0 Å². The van der Waals surface area contributed by atoms with Gasteiger partial charge in [0.1, 0.15) is 0 Å². The molecule has 1 aliphatic heterocycles. The van der Waals surface area contributed by atoms with E-state index < -0.39 is 11.9 Å². The van der Waals surface area contributed by atoms with Crippen LogP contribution in [-0.2, 0) is 20.9 Å². The number of hydrogen-bond acceptors (Lipinski definition) is 7. The molecule has 11 heteroatoms. The molecule has 1 aliphatic rings. The summed E-state index contributed by atoms with van der Waals surface area (Å²) in [6, 6.07) is 8.38. The minimum Gasteiger partial charge on any atom is -0.493 e. The number of rotatable bonds is 8. The van der Waals surface area contributed by atoms with Crippen LogP contribution in [0.4, 0.5) is 4.79 Å². The highest BCUT2D eigenvalue weighted by Crippen LogP contribution is 2.38. The van der Waals surface area contributed by atoms with Crippen LogP contribution >= 0.6 is 57.6 Å². The Balaban J connectivity index is 1.80. The summed E-state index contributed by atoms with van der Waals surface area (Å²) in [4.78, 5) is 38.4. The molecule has 0 radical (unpaired) electrons. The van der Waals surface area contributed by atoms with E-state index in [4.69, 9.17) is 37.4 Å². The molecule has 2 aromatic carbocycles. The van der Waals surface area contributed by atoms with E-state index in [0.717, 1.165) is 16.7 Å². The third-order valence-electron chi connectivity index (χ3n) is 4.39. The third-order valence-corrected chi connectivity index (χ3v) is 6.84. The van der Waals surface area contributed by atoms with Crippen molar-refractivity contribution in [2.45, 2.75) is 13.5 Å². The van der Waals surface area contributed by atoms with Gasteiger partial charge in [-0.2, -0.15) is 0 Å². The lowest BCUT2D eigenvalue weighted by atomic mass is 10.1. The van der Waals surface area contributed by atoms with Crippen LogP contribution in [0.2, 0.25) is 10.0 Å². The Bertz CT molecular complexity index is 1140. The maximum Gasteiger partial charge on any atom is 0.344 e. The second kappa shape index (κ2) is 11.5. The molecular formula is C22H18Cl2INO6S. The van der Waals surface area contributed by atoms with Gasteiger partial charge in [0.25, 0.3) is 11.1 Å². The molecule has 33 heavy (non-hydrogen) atoms. The second-order valence-electron chi connectivity index (χ2n) is 6.64. The van der Waals surface area contributed by atoms with Crippen molar-refractivity contribution in [2.24, 2.45) is 0 Å². The van der Waals surface area contributed by atoms with Gasteiger partial charge in [-0.05, 0) is 82.7 Å². The van der Waals surface area contributed by atoms with Gasteiger partial charge in [-0.25, -0.2) is 4.79 Å². The highest BCUT2D eigenvalue weighted by atomic mass is 127. The molecule has 1 heterocycles. The molecule has 7 nitrogen and oxygen atoms in total. The summed E-state index contributed by atoms with van der Waals surface area (Å²) in [5.41, 5.74) is 1.33. The fraction of sp³-hybridized carbons (Fsp3) is 0.227. The first-order valence-corrected chi connectivity index (χ1v) is 12.2. The minimum atomic E-state index is -0.491. The topological polar surface area (TPSA) is 82.1 Å². The van der Waals surface area contributed by atoms with Gasteiger partial charge in [-0.15, -0.1) is 0 Å². The number of methoxy groups -OCH3 is 1. The first-order chi connectivity index (χ1) is 15.7. The molecule has 0 N–H and O–H groups in total. The Morgan fingerprint density at radius 1 is 1.18 bits per heavy atom.